The van der Waals surface area contributed by atoms with Gasteiger partial charge in [0.15, 0.2) is 4.98 Å². The molecule has 0 amide bonds. The van der Waals surface area contributed by atoms with Gasteiger partial charge in [0, 0.05) is 11.6 Å². The molecule has 0 atom stereocenters. The number of hydrogen-bond acceptors (Lipinski definition) is 6. The average molecular weight is 348 g/mol. The zero-order valence-corrected chi connectivity index (χ0v) is 13.9. The van der Waals surface area contributed by atoms with Crippen molar-refractivity contribution in [2.24, 2.45) is 10.2 Å². The standard InChI is InChI=1S/C15H15N4.H2O4S/c1-3-12-10-13(8-9-15(12)17-16)18-19-14-7-5-4-6-11(14)2;1-5(2,3)4/h4-10H,3H2,1-2H3;(H2,1,2,3,4)/q+1;/p-1. The number of benzene rings is 2. The highest BCUT2D eigenvalue weighted by Crippen LogP contribution is 2.27. The molecule has 0 fully saturated rings. The fourth-order valence-electron chi connectivity index (χ4n) is 1.80. The molecule has 0 radical (unpaired) electrons. The van der Waals surface area contributed by atoms with Gasteiger partial charge in [-0.1, -0.05) is 25.1 Å². The van der Waals surface area contributed by atoms with Gasteiger partial charge >= 0.3 is 5.69 Å². The van der Waals surface area contributed by atoms with Crippen LogP contribution >= 0.6 is 0 Å². The molecule has 8 nitrogen and oxygen atoms in total. The van der Waals surface area contributed by atoms with Crippen LogP contribution in [0.3, 0.4) is 0 Å². The smallest absolute Gasteiger partial charge is 0.388 e. The Morgan fingerprint density at radius 2 is 1.83 bits per heavy atom. The highest BCUT2D eigenvalue weighted by Gasteiger charge is 2.11. The fraction of sp³-hybridized carbons (Fsp3) is 0.200. The minimum Gasteiger partial charge on any atom is -0.726 e. The van der Waals surface area contributed by atoms with E-state index in [0.717, 1.165) is 28.9 Å². The van der Waals surface area contributed by atoms with Crippen LogP contribution in [-0.2, 0) is 16.8 Å². The van der Waals surface area contributed by atoms with Crippen LogP contribution in [0, 0.1) is 12.3 Å². The minimum atomic E-state index is -4.92. The second kappa shape index (κ2) is 8.83. The molecule has 0 aromatic heterocycles. The topological polar surface area (TPSA) is 130 Å². The summed E-state index contributed by atoms with van der Waals surface area (Å²) >= 11 is 0. The summed E-state index contributed by atoms with van der Waals surface area (Å²) in [6.07, 6.45) is 0.785. The van der Waals surface area contributed by atoms with E-state index in [2.05, 4.69) is 15.2 Å². The molecule has 0 aliphatic heterocycles. The van der Waals surface area contributed by atoms with Crippen LogP contribution in [0.5, 0.6) is 0 Å². The second-order valence-electron chi connectivity index (χ2n) is 4.68. The van der Waals surface area contributed by atoms with Gasteiger partial charge in [-0.3, -0.25) is 4.55 Å². The normalized spacial score (nSPS) is 10.8. The fourth-order valence-corrected chi connectivity index (χ4v) is 1.80. The predicted molar refractivity (Wildman–Crippen MR) is 88.2 cm³/mol. The van der Waals surface area contributed by atoms with Crippen molar-refractivity contribution in [2.45, 2.75) is 20.3 Å². The van der Waals surface area contributed by atoms with E-state index in [1.54, 1.807) is 12.1 Å². The van der Waals surface area contributed by atoms with Gasteiger partial charge in [0.05, 0.1) is 11.4 Å². The number of rotatable bonds is 3. The SMILES string of the molecule is CCc1cc(N=Nc2ccccc2C)ccc1[N+]#N.O=S(=O)([O-])O. The van der Waals surface area contributed by atoms with Crippen molar-refractivity contribution < 1.29 is 17.5 Å². The summed E-state index contributed by atoms with van der Waals surface area (Å²) in [5.41, 5.74) is 4.23. The van der Waals surface area contributed by atoms with Crippen LogP contribution in [0.2, 0.25) is 0 Å². The van der Waals surface area contributed by atoms with E-state index in [-0.39, 0.29) is 0 Å². The molecule has 126 valence electrons. The van der Waals surface area contributed by atoms with Gasteiger partial charge in [0.1, 0.15) is 0 Å². The van der Waals surface area contributed by atoms with Gasteiger partial charge in [0.25, 0.3) is 0 Å². The summed E-state index contributed by atoms with van der Waals surface area (Å²) in [5, 5.41) is 17.3. The maximum absolute atomic E-state index is 8.86. The molecule has 0 saturated carbocycles. The van der Waals surface area contributed by atoms with Crippen LogP contribution in [0.4, 0.5) is 17.1 Å². The van der Waals surface area contributed by atoms with Crippen molar-refractivity contribution in [2.75, 3.05) is 0 Å². The first kappa shape index (κ1) is 19.4. The summed E-state index contributed by atoms with van der Waals surface area (Å²) in [7, 11) is -4.92. The maximum Gasteiger partial charge on any atom is 0.388 e. The summed E-state index contributed by atoms with van der Waals surface area (Å²) in [4.78, 5) is 3.24. The van der Waals surface area contributed by atoms with Crippen LogP contribution in [0.25, 0.3) is 4.98 Å². The molecule has 2 aromatic carbocycles. The molecule has 0 saturated heterocycles. The number of nitrogens with zero attached hydrogens (tertiary/aromatic N) is 4. The Labute approximate surface area is 140 Å². The van der Waals surface area contributed by atoms with Crippen LogP contribution in [0.15, 0.2) is 52.7 Å². The average Bonchev–Trinajstić information content (AvgIpc) is 2.52. The van der Waals surface area contributed by atoms with E-state index in [1.807, 2.05) is 44.2 Å². The maximum atomic E-state index is 8.86. The zero-order chi connectivity index (χ0) is 18.2. The number of aryl methyl sites for hydroxylation is 2. The zero-order valence-electron chi connectivity index (χ0n) is 13.1. The Morgan fingerprint density at radius 3 is 2.38 bits per heavy atom. The molecule has 0 heterocycles. The molecule has 1 N–H and O–H groups in total. The minimum absolute atomic E-state index is 0.581. The molecule has 0 aliphatic carbocycles. The van der Waals surface area contributed by atoms with E-state index in [1.165, 1.54) is 0 Å². The third-order valence-corrected chi connectivity index (χ3v) is 2.94. The van der Waals surface area contributed by atoms with Gasteiger partial charge < -0.3 is 4.55 Å². The number of diazo groups is 1. The largest absolute Gasteiger partial charge is 0.726 e. The third kappa shape index (κ3) is 7.06. The lowest BCUT2D eigenvalue weighted by Crippen LogP contribution is -1.90. The van der Waals surface area contributed by atoms with Crippen molar-refractivity contribution in [1.29, 1.82) is 5.39 Å². The lowest BCUT2D eigenvalue weighted by Gasteiger charge is -1.98. The third-order valence-electron chi connectivity index (χ3n) is 2.94. The molecule has 0 aliphatic rings. The van der Waals surface area contributed by atoms with Crippen molar-refractivity contribution in [3.8, 4) is 0 Å². The van der Waals surface area contributed by atoms with E-state index < -0.39 is 10.4 Å². The molecular formula is C15H16N4O4S. The lowest BCUT2D eigenvalue weighted by atomic mass is 10.1. The van der Waals surface area contributed by atoms with Gasteiger partial charge in [-0.2, -0.15) is 10.2 Å². The Balaban J connectivity index is 0.000000505. The summed E-state index contributed by atoms with van der Waals surface area (Å²) in [6.45, 7) is 4.01. The summed E-state index contributed by atoms with van der Waals surface area (Å²) in [5.74, 6) is 0. The van der Waals surface area contributed by atoms with E-state index >= 15 is 0 Å². The van der Waals surface area contributed by atoms with E-state index in [0.29, 0.717) is 5.69 Å². The van der Waals surface area contributed by atoms with Crippen molar-refractivity contribution in [3.05, 3.63) is 58.6 Å². The first-order chi connectivity index (χ1) is 11.2. The van der Waals surface area contributed by atoms with E-state index in [4.69, 9.17) is 22.9 Å². The molecule has 0 unspecified atom stereocenters. The lowest BCUT2D eigenvalue weighted by molar-refractivity contribution is 0.366. The van der Waals surface area contributed by atoms with Crippen molar-refractivity contribution >= 4 is 27.5 Å². The molecule has 2 rings (SSSR count). The first-order valence-electron chi connectivity index (χ1n) is 6.88. The molecule has 0 spiro atoms. The summed E-state index contributed by atoms with van der Waals surface area (Å²) < 4.78 is 32.8. The highest BCUT2D eigenvalue weighted by molar-refractivity contribution is 7.79. The van der Waals surface area contributed by atoms with Crippen LogP contribution < -0.4 is 0 Å². The van der Waals surface area contributed by atoms with Crippen molar-refractivity contribution in [3.63, 3.8) is 0 Å². The number of azo groups is 1. The van der Waals surface area contributed by atoms with Crippen molar-refractivity contribution in [1.82, 2.24) is 0 Å². The number of hydrogen-bond donors (Lipinski definition) is 1. The van der Waals surface area contributed by atoms with Gasteiger partial charge in [-0.25, -0.2) is 8.42 Å². The molecule has 9 heteroatoms. The van der Waals surface area contributed by atoms with Crippen LogP contribution in [0.1, 0.15) is 18.1 Å². The molecule has 0 bridgehead atoms. The van der Waals surface area contributed by atoms with E-state index in [9.17, 15) is 0 Å². The molecule has 2 aromatic rings. The molecular weight excluding hydrogens is 332 g/mol. The quantitative estimate of drug-likeness (QED) is 0.378. The Morgan fingerprint density at radius 1 is 1.21 bits per heavy atom. The Hall–Kier alpha value is -2.67. The van der Waals surface area contributed by atoms with Gasteiger partial charge in [-0.05, 0) is 37.1 Å². The summed E-state index contributed by atoms with van der Waals surface area (Å²) in [6, 6.07) is 13.3. The Bertz CT molecular complexity index is 865. The first-order valence-corrected chi connectivity index (χ1v) is 8.24. The molecule has 24 heavy (non-hydrogen) atoms. The van der Waals surface area contributed by atoms with Gasteiger partial charge in [-0.15, -0.1) is 0 Å². The second-order valence-corrected chi connectivity index (χ2v) is 5.54. The predicted octanol–water partition coefficient (Wildman–Crippen LogP) is 4.46. The monoisotopic (exact) mass is 348 g/mol. The van der Waals surface area contributed by atoms with Gasteiger partial charge in [0.2, 0.25) is 15.8 Å². The van der Waals surface area contributed by atoms with Crippen LogP contribution in [-0.4, -0.2) is 17.5 Å². The highest BCUT2D eigenvalue weighted by atomic mass is 32.3. The Kier molecular flexibility index (Phi) is 7.13.